The fraction of sp³-hybridized carbons (Fsp3) is 0.500. The monoisotopic (exact) mass is 512 g/mol. The van der Waals surface area contributed by atoms with Gasteiger partial charge >= 0.3 is 41.7 Å². The predicted octanol–water partition coefficient (Wildman–Crippen LogP) is -4.10. The van der Waals surface area contributed by atoms with Gasteiger partial charge in [-0.05, 0) is 0 Å². The van der Waals surface area contributed by atoms with E-state index >= 15 is 0 Å². The maximum Gasteiger partial charge on any atom is 4.00 e. The Labute approximate surface area is 173 Å². The first-order valence-corrected chi connectivity index (χ1v) is 6.25. The van der Waals surface area contributed by atoms with E-state index in [1.165, 1.54) is 0 Å². The SMILES string of the molecule is O=C([O-])CCl.O=C([O-])CCl.O=C([O-])CCl.O=C([O-])CCl.[Ce+4]. The maximum absolute atomic E-state index is 9.12. The van der Waals surface area contributed by atoms with Gasteiger partial charge in [-0.2, -0.15) is 0 Å². The van der Waals surface area contributed by atoms with Gasteiger partial charge in [0.15, 0.2) is 0 Å². The fourth-order valence-corrected chi connectivity index (χ4v) is 0. The zero-order chi connectivity index (χ0) is 17.1. The van der Waals surface area contributed by atoms with Crippen LogP contribution in [-0.4, -0.2) is 47.4 Å². The van der Waals surface area contributed by atoms with Crippen LogP contribution in [0.1, 0.15) is 0 Å². The third kappa shape index (κ3) is 97.8. The number of carboxylic acids is 4. The molecule has 0 rings (SSSR count). The van der Waals surface area contributed by atoms with Crippen molar-refractivity contribution in [3.8, 4) is 0 Å². The predicted molar refractivity (Wildman–Crippen MR) is 62.9 cm³/mol. The molecule has 0 N–H and O–H groups in total. The summed E-state index contributed by atoms with van der Waals surface area (Å²) in [6.07, 6.45) is 0. The number of hydrogen-bond acceptors (Lipinski definition) is 8. The first kappa shape index (κ1) is 33.1. The van der Waals surface area contributed by atoms with Crippen LogP contribution in [0, 0.1) is 41.7 Å². The van der Waals surface area contributed by atoms with Crippen LogP contribution < -0.4 is 20.4 Å². The summed E-state index contributed by atoms with van der Waals surface area (Å²) in [5.74, 6) is -6.59. The van der Waals surface area contributed by atoms with Crippen molar-refractivity contribution in [2.24, 2.45) is 0 Å². The van der Waals surface area contributed by atoms with E-state index in [1.807, 2.05) is 0 Å². The average Bonchev–Trinajstić information content (AvgIpc) is 2.40. The minimum absolute atomic E-state index is 0. The molecule has 120 valence electrons. The standard InChI is InChI=1S/4C2H3ClO2.Ce/c4*3-1-2(4)5;/h4*1H2,(H,4,5);/q;;;;+4/p-4. The van der Waals surface area contributed by atoms with E-state index in [1.54, 1.807) is 0 Å². The molecule has 0 amide bonds. The topological polar surface area (TPSA) is 161 Å². The van der Waals surface area contributed by atoms with Crippen molar-refractivity contribution in [3.63, 3.8) is 0 Å². The summed E-state index contributed by atoms with van der Waals surface area (Å²) in [5, 5.41) is 36.5. The van der Waals surface area contributed by atoms with Gasteiger partial charge in [0.2, 0.25) is 0 Å². The van der Waals surface area contributed by atoms with Gasteiger partial charge in [0.1, 0.15) is 0 Å². The van der Waals surface area contributed by atoms with E-state index in [4.69, 9.17) is 39.6 Å². The molecule has 0 spiro atoms. The molecule has 0 saturated heterocycles. The summed E-state index contributed by atoms with van der Waals surface area (Å²) in [6, 6.07) is 0. The van der Waals surface area contributed by atoms with E-state index in [0.717, 1.165) is 0 Å². The molecule has 0 bridgehead atoms. The van der Waals surface area contributed by atoms with E-state index in [-0.39, 0.29) is 41.7 Å². The van der Waals surface area contributed by atoms with Crippen molar-refractivity contribution in [3.05, 3.63) is 0 Å². The van der Waals surface area contributed by atoms with Crippen LogP contribution in [0.25, 0.3) is 0 Å². The molecule has 8 nitrogen and oxygen atoms in total. The van der Waals surface area contributed by atoms with Crippen LogP contribution in [0.15, 0.2) is 0 Å². The number of halogens is 4. The minimum atomic E-state index is -1.23. The summed E-state index contributed by atoms with van der Waals surface area (Å²) in [5.41, 5.74) is 0. The molecule has 0 aliphatic carbocycles. The largest absolute Gasteiger partial charge is 4.00 e. The molecular formula is C8H8CeCl4O8. The fourth-order valence-electron chi connectivity index (χ4n) is 0. The summed E-state index contributed by atoms with van der Waals surface area (Å²) in [7, 11) is 0. The first-order valence-electron chi connectivity index (χ1n) is 4.12. The third-order valence-electron chi connectivity index (χ3n) is 0.436. The van der Waals surface area contributed by atoms with Crippen LogP contribution in [0.2, 0.25) is 0 Å². The van der Waals surface area contributed by atoms with Gasteiger partial charge in [0.25, 0.3) is 0 Å². The molecule has 0 aliphatic rings. The molecule has 0 fully saturated rings. The Morgan fingerprint density at radius 3 is 0.571 bits per heavy atom. The van der Waals surface area contributed by atoms with Gasteiger partial charge in [-0.3, -0.25) is 0 Å². The molecule has 0 aromatic rings. The molecule has 0 aromatic carbocycles. The normalized spacial score (nSPS) is 7.05. The number of carboxylic acid groups (broad SMARTS) is 4. The van der Waals surface area contributed by atoms with E-state index in [9.17, 15) is 0 Å². The molecule has 0 heterocycles. The van der Waals surface area contributed by atoms with Gasteiger partial charge in [0.05, 0.1) is 47.4 Å². The Balaban J connectivity index is -0.0000000533. The van der Waals surface area contributed by atoms with Crippen LogP contribution >= 0.6 is 46.4 Å². The van der Waals surface area contributed by atoms with E-state index < -0.39 is 47.4 Å². The van der Waals surface area contributed by atoms with Gasteiger partial charge in [0, 0.05) is 0 Å². The number of rotatable bonds is 4. The second-order valence-electron chi connectivity index (χ2n) is 2.02. The Hall–Kier alpha value is 0.417. The summed E-state index contributed by atoms with van der Waals surface area (Å²) in [6.45, 7) is 0. The van der Waals surface area contributed by atoms with E-state index in [0.29, 0.717) is 0 Å². The molecular weight excluding hydrogens is 506 g/mol. The Kier molecular flexibility index (Phi) is 45.1. The Bertz CT molecular complexity index is 233. The van der Waals surface area contributed by atoms with Crippen molar-refractivity contribution in [1.82, 2.24) is 0 Å². The second kappa shape index (κ2) is 28.6. The Morgan fingerprint density at radius 2 is 0.571 bits per heavy atom. The molecule has 0 radical (unpaired) electrons. The number of alkyl halides is 4. The summed E-state index contributed by atoms with van der Waals surface area (Å²) in [4.78, 5) is 36.5. The number of carbonyl (C=O) groups excluding carboxylic acids is 4. The van der Waals surface area contributed by atoms with Crippen molar-refractivity contribution < 1.29 is 81.4 Å². The third-order valence-corrected chi connectivity index (χ3v) is 1.31. The van der Waals surface area contributed by atoms with Crippen LogP contribution in [0.5, 0.6) is 0 Å². The quantitative estimate of drug-likeness (QED) is 0.343. The second-order valence-corrected chi connectivity index (χ2v) is 3.09. The van der Waals surface area contributed by atoms with Gasteiger partial charge < -0.3 is 39.6 Å². The summed E-state index contributed by atoms with van der Waals surface area (Å²) >= 11 is 18.7. The molecule has 0 saturated carbocycles. The van der Waals surface area contributed by atoms with Crippen molar-refractivity contribution in [2.45, 2.75) is 0 Å². The number of carbonyl (C=O) groups is 4. The Morgan fingerprint density at radius 1 is 0.524 bits per heavy atom. The van der Waals surface area contributed by atoms with Crippen molar-refractivity contribution >= 4 is 70.3 Å². The molecule has 13 heteroatoms. The molecule has 0 atom stereocenters. The average molecular weight is 514 g/mol. The zero-order valence-electron chi connectivity index (χ0n) is 10.1. The van der Waals surface area contributed by atoms with Crippen LogP contribution in [0.4, 0.5) is 0 Å². The minimum Gasteiger partial charge on any atom is -0.549 e. The van der Waals surface area contributed by atoms with Crippen LogP contribution in [0.3, 0.4) is 0 Å². The van der Waals surface area contributed by atoms with E-state index in [2.05, 4.69) is 46.4 Å². The zero-order valence-corrected chi connectivity index (χ0v) is 16.3. The van der Waals surface area contributed by atoms with Crippen molar-refractivity contribution in [1.29, 1.82) is 0 Å². The van der Waals surface area contributed by atoms with Gasteiger partial charge in [-0.15, -0.1) is 46.4 Å². The molecule has 0 aliphatic heterocycles. The number of hydrogen-bond donors (Lipinski definition) is 0. The number of aliphatic carboxylic acids is 4. The molecule has 0 aromatic heterocycles. The summed E-state index contributed by atoms with van der Waals surface area (Å²) < 4.78 is 0. The first-order chi connectivity index (χ1) is 9.08. The van der Waals surface area contributed by atoms with Crippen LogP contribution in [-0.2, 0) is 19.2 Å². The molecule has 21 heavy (non-hydrogen) atoms. The van der Waals surface area contributed by atoms with Gasteiger partial charge in [-0.25, -0.2) is 0 Å². The van der Waals surface area contributed by atoms with Gasteiger partial charge in [-0.1, -0.05) is 0 Å². The molecule has 0 unspecified atom stereocenters. The van der Waals surface area contributed by atoms with Crippen molar-refractivity contribution in [2.75, 3.05) is 23.5 Å². The maximum atomic E-state index is 9.12. The smallest absolute Gasteiger partial charge is 0.549 e.